The van der Waals surface area contributed by atoms with Crippen LogP contribution < -0.4 is 0 Å². The first-order valence-electron chi connectivity index (χ1n) is 7.79. The summed E-state index contributed by atoms with van der Waals surface area (Å²) in [6, 6.07) is 18.0. The van der Waals surface area contributed by atoms with Crippen LogP contribution in [0.4, 0.5) is 0 Å². The molecule has 0 unspecified atom stereocenters. The van der Waals surface area contributed by atoms with Crippen LogP contribution in [-0.2, 0) is 11.3 Å². The lowest BCUT2D eigenvalue weighted by Crippen LogP contribution is -2.41. The highest BCUT2D eigenvalue weighted by molar-refractivity contribution is 7.99. The Bertz CT molecular complexity index is 947. The second-order valence-electron chi connectivity index (χ2n) is 5.81. The predicted octanol–water partition coefficient (Wildman–Crippen LogP) is 3.79. The van der Waals surface area contributed by atoms with Gasteiger partial charge in [-0.15, -0.1) is 0 Å². The number of hydrogen-bond acceptors (Lipinski definition) is 3. The van der Waals surface area contributed by atoms with Crippen molar-refractivity contribution in [3.8, 4) is 0 Å². The van der Waals surface area contributed by atoms with Crippen LogP contribution in [0.3, 0.4) is 0 Å². The molecule has 24 heavy (non-hydrogen) atoms. The fourth-order valence-corrected chi connectivity index (χ4v) is 4.19. The Morgan fingerprint density at radius 1 is 1.00 bits per heavy atom. The number of para-hydroxylation sites is 1. The van der Waals surface area contributed by atoms with Crippen molar-refractivity contribution in [2.75, 3.05) is 6.54 Å². The van der Waals surface area contributed by atoms with Gasteiger partial charge in [-0.3, -0.25) is 14.2 Å². The van der Waals surface area contributed by atoms with E-state index >= 15 is 0 Å². The van der Waals surface area contributed by atoms with Gasteiger partial charge >= 0.3 is 0 Å². The minimum absolute atomic E-state index is 0.0532. The Morgan fingerprint density at radius 3 is 2.46 bits per heavy atom. The predicted molar refractivity (Wildman–Crippen MR) is 94.2 cm³/mol. The van der Waals surface area contributed by atoms with Crippen molar-refractivity contribution in [1.29, 1.82) is 0 Å². The first-order valence-corrected chi connectivity index (χ1v) is 8.61. The van der Waals surface area contributed by atoms with Gasteiger partial charge in [-0.25, -0.2) is 0 Å². The van der Waals surface area contributed by atoms with E-state index in [0.29, 0.717) is 6.54 Å². The van der Waals surface area contributed by atoms with Crippen molar-refractivity contribution >= 4 is 34.5 Å². The van der Waals surface area contributed by atoms with Crippen molar-refractivity contribution in [3.63, 3.8) is 0 Å². The molecule has 0 saturated carbocycles. The standard InChI is InChI=1S/C19H16N2O2S/c1-13(22)20-11-17-19(24-14-7-3-2-4-8-14)15-9-5-6-10-16(15)21(17)18(23)12-20/h2-10H,11-12H2,1H3. The second kappa shape index (κ2) is 5.83. The average molecular weight is 336 g/mol. The van der Waals surface area contributed by atoms with Crippen molar-refractivity contribution in [2.45, 2.75) is 23.3 Å². The molecular weight excluding hydrogens is 320 g/mol. The van der Waals surface area contributed by atoms with Gasteiger partial charge in [-0.1, -0.05) is 48.2 Å². The Labute approximate surface area is 144 Å². The van der Waals surface area contributed by atoms with E-state index in [0.717, 1.165) is 26.4 Å². The summed E-state index contributed by atoms with van der Waals surface area (Å²) in [6.07, 6.45) is 0. The van der Waals surface area contributed by atoms with E-state index in [-0.39, 0.29) is 18.4 Å². The molecule has 4 rings (SSSR count). The van der Waals surface area contributed by atoms with Gasteiger partial charge in [-0.2, -0.15) is 0 Å². The summed E-state index contributed by atoms with van der Waals surface area (Å²) in [5, 5.41) is 1.06. The van der Waals surface area contributed by atoms with Crippen molar-refractivity contribution in [1.82, 2.24) is 9.47 Å². The maximum Gasteiger partial charge on any atom is 0.251 e. The van der Waals surface area contributed by atoms with Gasteiger partial charge in [0.2, 0.25) is 5.91 Å². The zero-order valence-electron chi connectivity index (χ0n) is 13.2. The number of amides is 1. The average Bonchev–Trinajstić information content (AvgIpc) is 2.90. The maximum absolute atomic E-state index is 12.6. The van der Waals surface area contributed by atoms with E-state index in [9.17, 15) is 9.59 Å². The van der Waals surface area contributed by atoms with Gasteiger partial charge in [0.25, 0.3) is 5.91 Å². The number of aromatic nitrogens is 1. The molecule has 0 aliphatic carbocycles. The van der Waals surface area contributed by atoms with E-state index in [4.69, 9.17) is 0 Å². The Kier molecular flexibility index (Phi) is 3.65. The van der Waals surface area contributed by atoms with Crippen molar-refractivity contribution in [2.24, 2.45) is 0 Å². The molecule has 4 nitrogen and oxygen atoms in total. The Morgan fingerprint density at radius 2 is 1.71 bits per heavy atom. The summed E-state index contributed by atoms with van der Waals surface area (Å²) in [4.78, 5) is 28.2. The van der Waals surface area contributed by atoms with Crippen molar-refractivity contribution in [3.05, 3.63) is 60.3 Å². The van der Waals surface area contributed by atoms with Crippen LogP contribution in [0.2, 0.25) is 0 Å². The monoisotopic (exact) mass is 336 g/mol. The highest BCUT2D eigenvalue weighted by atomic mass is 32.2. The number of carbonyl (C=O) groups excluding carboxylic acids is 2. The minimum atomic E-state index is -0.0736. The summed E-state index contributed by atoms with van der Waals surface area (Å²) < 4.78 is 1.78. The van der Waals surface area contributed by atoms with E-state index in [2.05, 4.69) is 12.1 Å². The summed E-state index contributed by atoms with van der Waals surface area (Å²) in [5.41, 5.74) is 1.82. The molecule has 3 aromatic rings. The molecule has 2 aromatic carbocycles. The van der Waals surface area contributed by atoms with Gasteiger partial charge in [-0.05, 0) is 18.2 Å². The number of rotatable bonds is 2. The molecule has 2 heterocycles. The summed E-state index contributed by atoms with van der Waals surface area (Å²) in [7, 11) is 0. The number of carbonyl (C=O) groups is 2. The van der Waals surface area contributed by atoms with Crippen LogP contribution in [0.25, 0.3) is 10.9 Å². The van der Waals surface area contributed by atoms with E-state index in [1.54, 1.807) is 21.2 Å². The number of fused-ring (bicyclic) bond motifs is 3. The third-order valence-corrected chi connectivity index (χ3v) is 5.41. The molecule has 0 bridgehead atoms. The molecule has 0 atom stereocenters. The van der Waals surface area contributed by atoms with Gasteiger partial charge in [0.15, 0.2) is 0 Å². The van der Waals surface area contributed by atoms with Crippen LogP contribution >= 0.6 is 11.8 Å². The molecule has 5 heteroatoms. The van der Waals surface area contributed by atoms with Crippen LogP contribution in [0, 0.1) is 0 Å². The molecule has 0 saturated heterocycles. The zero-order valence-corrected chi connectivity index (χ0v) is 14.0. The van der Waals surface area contributed by atoms with Crippen molar-refractivity contribution < 1.29 is 9.59 Å². The molecule has 0 N–H and O–H groups in total. The number of hydrogen-bond donors (Lipinski definition) is 0. The molecule has 0 radical (unpaired) electrons. The quantitative estimate of drug-likeness (QED) is 0.715. The van der Waals surface area contributed by atoms with E-state index in [1.807, 2.05) is 42.5 Å². The van der Waals surface area contributed by atoms with Crippen LogP contribution in [0.1, 0.15) is 17.4 Å². The van der Waals surface area contributed by atoms with E-state index < -0.39 is 0 Å². The largest absolute Gasteiger partial charge is 0.328 e. The Balaban J connectivity index is 1.91. The van der Waals surface area contributed by atoms with Gasteiger partial charge < -0.3 is 4.90 Å². The Hall–Kier alpha value is -2.53. The lowest BCUT2D eigenvalue weighted by atomic mass is 10.2. The molecule has 120 valence electrons. The zero-order chi connectivity index (χ0) is 16.7. The molecule has 1 aromatic heterocycles. The maximum atomic E-state index is 12.6. The highest BCUT2D eigenvalue weighted by Gasteiger charge is 2.30. The lowest BCUT2D eigenvalue weighted by Gasteiger charge is -2.27. The molecule has 1 aliphatic heterocycles. The normalized spacial score (nSPS) is 14.0. The lowest BCUT2D eigenvalue weighted by molar-refractivity contribution is -0.129. The van der Waals surface area contributed by atoms with Gasteiger partial charge in [0.05, 0.1) is 17.8 Å². The van der Waals surface area contributed by atoms with Crippen LogP contribution in [-0.4, -0.2) is 27.8 Å². The van der Waals surface area contributed by atoms with E-state index in [1.165, 1.54) is 6.92 Å². The number of nitrogens with zero attached hydrogens (tertiary/aromatic N) is 2. The molecular formula is C19H16N2O2S. The third-order valence-electron chi connectivity index (χ3n) is 4.25. The summed E-state index contributed by atoms with van der Waals surface area (Å²) >= 11 is 1.64. The van der Waals surface area contributed by atoms with Gasteiger partial charge in [0.1, 0.15) is 6.54 Å². The smallest absolute Gasteiger partial charge is 0.251 e. The number of benzene rings is 2. The van der Waals surface area contributed by atoms with Gasteiger partial charge in [0, 0.05) is 22.1 Å². The first kappa shape index (κ1) is 15.0. The molecule has 0 fully saturated rings. The fraction of sp³-hybridized carbons (Fsp3) is 0.158. The summed E-state index contributed by atoms with van der Waals surface area (Å²) in [6.45, 7) is 2.11. The first-order chi connectivity index (χ1) is 11.6. The second-order valence-corrected chi connectivity index (χ2v) is 6.90. The molecule has 1 amide bonds. The molecule has 0 spiro atoms. The molecule has 1 aliphatic rings. The highest BCUT2D eigenvalue weighted by Crippen LogP contribution is 2.40. The fourth-order valence-electron chi connectivity index (χ4n) is 3.10. The minimum Gasteiger partial charge on any atom is -0.328 e. The summed E-state index contributed by atoms with van der Waals surface area (Å²) in [5.74, 6) is -0.127. The SMILES string of the molecule is CC(=O)N1CC(=O)n2c(c(Sc3ccccc3)c3ccccc32)C1. The third kappa shape index (κ3) is 2.41. The van der Waals surface area contributed by atoms with Crippen LogP contribution in [0.15, 0.2) is 64.4 Å². The van der Waals surface area contributed by atoms with Crippen LogP contribution in [0.5, 0.6) is 0 Å². The topological polar surface area (TPSA) is 42.3 Å².